The van der Waals surface area contributed by atoms with Gasteiger partial charge in [0.25, 0.3) is 0 Å². The number of thioether (sulfide) groups is 1. The Balaban J connectivity index is 1.67. The van der Waals surface area contributed by atoms with E-state index in [1.165, 1.54) is 32.1 Å². The molecule has 0 aromatic carbocycles. The number of likely N-dealkylation sites (tertiary alicyclic amines) is 1. The fourth-order valence-electron chi connectivity index (χ4n) is 3.42. The Labute approximate surface area is 145 Å². The molecule has 5 heteroatoms. The molecule has 2 amide bonds. The molecule has 0 aromatic heterocycles. The predicted octanol–water partition coefficient (Wildman–Crippen LogP) is 3.65. The molecule has 4 nitrogen and oxygen atoms in total. The molecule has 23 heavy (non-hydrogen) atoms. The maximum Gasteiger partial charge on any atom is 0.246 e. The summed E-state index contributed by atoms with van der Waals surface area (Å²) in [7, 11) is 0. The third kappa shape index (κ3) is 5.70. The van der Waals surface area contributed by atoms with Gasteiger partial charge in [0.2, 0.25) is 11.8 Å². The lowest BCUT2D eigenvalue weighted by Crippen LogP contribution is -2.48. The van der Waals surface area contributed by atoms with Crippen molar-refractivity contribution in [2.24, 2.45) is 0 Å². The molecule has 2 aliphatic heterocycles. The van der Waals surface area contributed by atoms with Crippen molar-refractivity contribution in [3.63, 3.8) is 0 Å². The molecule has 0 N–H and O–H groups in total. The molecule has 2 fully saturated rings. The SMILES string of the molecule is CCCCCCCCCC(=O)N1CSC[C@H]1C(=O)N1CCCC1. The minimum Gasteiger partial charge on any atom is -0.341 e. The average molecular weight is 341 g/mol. The van der Waals surface area contributed by atoms with Crippen LogP contribution in [0.1, 0.15) is 71.1 Å². The molecule has 0 aliphatic carbocycles. The molecule has 2 aliphatic rings. The topological polar surface area (TPSA) is 40.6 Å². The summed E-state index contributed by atoms with van der Waals surface area (Å²) in [6, 6.07) is -0.199. The number of carbonyl (C=O) groups is 2. The van der Waals surface area contributed by atoms with Gasteiger partial charge >= 0.3 is 0 Å². The molecule has 2 saturated heterocycles. The lowest BCUT2D eigenvalue weighted by molar-refractivity contribution is -0.142. The van der Waals surface area contributed by atoms with Crippen LogP contribution >= 0.6 is 11.8 Å². The summed E-state index contributed by atoms with van der Waals surface area (Å²) in [4.78, 5) is 28.8. The van der Waals surface area contributed by atoms with Crippen LogP contribution in [0.5, 0.6) is 0 Å². The van der Waals surface area contributed by atoms with Gasteiger partial charge < -0.3 is 9.80 Å². The third-order valence-corrected chi connectivity index (χ3v) is 5.91. The highest BCUT2D eigenvalue weighted by Crippen LogP contribution is 2.25. The number of carbonyl (C=O) groups excluding carboxylic acids is 2. The van der Waals surface area contributed by atoms with E-state index in [4.69, 9.17) is 0 Å². The molecule has 0 radical (unpaired) electrons. The Morgan fingerprint density at radius 2 is 1.65 bits per heavy atom. The number of hydrogen-bond donors (Lipinski definition) is 0. The van der Waals surface area contributed by atoms with Crippen LogP contribution in [0, 0.1) is 0 Å². The molecule has 1 atom stereocenters. The molecular weight excluding hydrogens is 308 g/mol. The smallest absolute Gasteiger partial charge is 0.246 e. The van der Waals surface area contributed by atoms with Crippen molar-refractivity contribution in [2.45, 2.75) is 77.2 Å². The molecule has 2 heterocycles. The van der Waals surface area contributed by atoms with Crippen molar-refractivity contribution < 1.29 is 9.59 Å². The van der Waals surface area contributed by atoms with E-state index >= 15 is 0 Å². The molecule has 132 valence electrons. The van der Waals surface area contributed by atoms with Crippen molar-refractivity contribution in [3.05, 3.63) is 0 Å². The lowest BCUT2D eigenvalue weighted by Gasteiger charge is -2.27. The van der Waals surface area contributed by atoms with Gasteiger partial charge in [-0.3, -0.25) is 9.59 Å². The number of nitrogens with zero attached hydrogens (tertiary/aromatic N) is 2. The van der Waals surface area contributed by atoms with Crippen LogP contribution in [0.25, 0.3) is 0 Å². The van der Waals surface area contributed by atoms with Crippen LogP contribution < -0.4 is 0 Å². The van der Waals surface area contributed by atoms with Gasteiger partial charge in [0.05, 0.1) is 5.88 Å². The molecule has 0 bridgehead atoms. The van der Waals surface area contributed by atoms with Gasteiger partial charge in [-0.15, -0.1) is 11.8 Å². The van der Waals surface area contributed by atoms with Gasteiger partial charge in [-0.05, 0) is 19.3 Å². The fraction of sp³-hybridized carbons (Fsp3) is 0.889. The minimum absolute atomic E-state index is 0.181. The zero-order chi connectivity index (χ0) is 16.5. The van der Waals surface area contributed by atoms with Gasteiger partial charge in [0.1, 0.15) is 6.04 Å². The van der Waals surface area contributed by atoms with E-state index in [-0.39, 0.29) is 17.9 Å². The van der Waals surface area contributed by atoms with Gasteiger partial charge in [-0.2, -0.15) is 0 Å². The first-order valence-electron chi connectivity index (χ1n) is 9.40. The second-order valence-electron chi connectivity index (χ2n) is 6.78. The maximum absolute atomic E-state index is 12.6. The van der Waals surface area contributed by atoms with Crippen LogP contribution in [0.4, 0.5) is 0 Å². The first kappa shape index (κ1) is 18.6. The van der Waals surface area contributed by atoms with Crippen LogP contribution in [0.2, 0.25) is 0 Å². The van der Waals surface area contributed by atoms with Crippen molar-refractivity contribution in [2.75, 3.05) is 24.7 Å². The molecule has 0 aromatic rings. The van der Waals surface area contributed by atoms with Crippen LogP contribution in [0.15, 0.2) is 0 Å². The highest BCUT2D eigenvalue weighted by atomic mass is 32.2. The van der Waals surface area contributed by atoms with Gasteiger partial charge in [0, 0.05) is 25.3 Å². The van der Waals surface area contributed by atoms with E-state index < -0.39 is 0 Å². The maximum atomic E-state index is 12.6. The first-order valence-corrected chi connectivity index (χ1v) is 10.6. The first-order chi connectivity index (χ1) is 11.2. The van der Waals surface area contributed by atoms with E-state index in [1.807, 2.05) is 9.80 Å². The number of hydrogen-bond acceptors (Lipinski definition) is 3. The number of rotatable bonds is 9. The largest absolute Gasteiger partial charge is 0.341 e. The molecule has 0 unspecified atom stereocenters. The second kappa shape index (κ2) is 10.2. The molecule has 2 rings (SSSR count). The van der Waals surface area contributed by atoms with Crippen molar-refractivity contribution >= 4 is 23.6 Å². The van der Waals surface area contributed by atoms with Gasteiger partial charge in [-0.1, -0.05) is 45.4 Å². The van der Waals surface area contributed by atoms with E-state index in [9.17, 15) is 9.59 Å². The fourth-order valence-corrected chi connectivity index (χ4v) is 4.59. The molecular formula is C18H32N2O2S. The van der Waals surface area contributed by atoms with Crippen molar-refractivity contribution in [1.82, 2.24) is 9.80 Å². The Morgan fingerprint density at radius 1 is 1.00 bits per heavy atom. The van der Waals surface area contributed by atoms with E-state index in [0.29, 0.717) is 12.3 Å². The molecule has 0 spiro atoms. The van der Waals surface area contributed by atoms with Crippen LogP contribution in [-0.2, 0) is 9.59 Å². The van der Waals surface area contributed by atoms with Crippen LogP contribution in [0.3, 0.4) is 0 Å². The number of unbranched alkanes of at least 4 members (excludes halogenated alkanes) is 6. The zero-order valence-corrected chi connectivity index (χ0v) is 15.4. The van der Waals surface area contributed by atoms with E-state index in [1.54, 1.807) is 11.8 Å². The Bertz CT molecular complexity index is 383. The summed E-state index contributed by atoms with van der Waals surface area (Å²) in [6.07, 6.45) is 11.4. The van der Waals surface area contributed by atoms with Crippen LogP contribution in [-0.4, -0.2) is 52.4 Å². The highest BCUT2D eigenvalue weighted by molar-refractivity contribution is 7.99. The zero-order valence-electron chi connectivity index (χ0n) is 14.6. The highest BCUT2D eigenvalue weighted by Gasteiger charge is 2.37. The Morgan fingerprint density at radius 3 is 2.35 bits per heavy atom. The van der Waals surface area contributed by atoms with E-state index in [0.717, 1.165) is 44.5 Å². The van der Waals surface area contributed by atoms with Crippen molar-refractivity contribution in [3.8, 4) is 0 Å². The second-order valence-corrected chi connectivity index (χ2v) is 7.78. The quantitative estimate of drug-likeness (QED) is 0.602. The van der Waals surface area contributed by atoms with Crippen molar-refractivity contribution in [1.29, 1.82) is 0 Å². The number of amides is 2. The monoisotopic (exact) mass is 340 g/mol. The summed E-state index contributed by atoms with van der Waals surface area (Å²) in [5, 5.41) is 0. The van der Waals surface area contributed by atoms with Gasteiger partial charge in [0.15, 0.2) is 0 Å². The lowest BCUT2D eigenvalue weighted by atomic mass is 10.1. The van der Waals surface area contributed by atoms with E-state index in [2.05, 4.69) is 6.92 Å². The summed E-state index contributed by atoms with van der Waals surface area (Å²) in [5.41, 5.74) is 0. The standard InChI is InChI=1S/C18H32N2O2S/c1-2-3-4-5-6-7-8-11-17(21)20-15-23-14-16(20)18(22)19-12-9-10-13-19/h16H,2-15H2,1H3/t16-/m0/s1. The summed E-state index contributed by atoms with van der Waals surface area (Å²) in [5.74, 6) is 1.83. The van der Waals surface area contributed by atoms with Gasteiger partial charge in [-0.25, -0.2) is 0 Å². The molecule has 0 saturated carbocycles. The Kier molecular flexibility index (Phi) is 8.27. The predicted molar refractivity (Wildman–Crippen MR) is 96.4 cm³/mol. The Hall–Kier alpha value is -0.710. The third-order valence-electron chi connectivity index (χ3n) is 4.90. The summed E-state index contributed by atoms with van der Waals surface area (Å²) < 4.78 is 0. The minimum atomic E-state index is -0.199. The summed E-state index contributed by atoms with van der Waals surface area (Å²) in [6.45, 7) is 3.98. The summed E-state index contributed by atoms with van der Waals surface area (Å²) >= 11 is 1.72. The average Bonchev–Trinajstić information content (AvgIpc) is 3.24. The normalized spacial score (nSPS) is 21.2.